The van der Waals surface area contributed by atoms with Crippen LogP contribution >= 0.6 is 0 Å². The van der Waals surface area contributed by atoms with Gasteiger partial charge in [0.25, 0.3) is 0 Å². The third kappa shape index (κ3) is 19.4. The van der Waals surface area contributed by atoms with Crippen molar-refractivity contribution in [3.8, 4) is 0 Å². The zero-order valence-electron chi connectivity index (χ0n) is 32.3. The Morgan fingerprint density at radius 1 is 0.604 bits per heavy atom. The number of ether oxygens (including phenoxy) is 6. The molecule has 11 unspecified atom stereocenters. The molecule has 0 spiro atoms. The van der Waals surface area contributed by atoms with Crippen LogP contribution in [-0.2, 0) is 33.2 Å². The van der Waals surface area contributed by atoms with E-state index >= 15 is 0 Å². The molecule has 7 N–H and O–H groups in total. The minimum atomic E-state index is -1.70. The number of hydrogen-bond acceptors (Lipinski definition) is 14. The standard InChI is InChI=1S/C39H72O14/c1-3-4-5-6-7-8-9-10-11-12-13-14-15-16-17-18-19-20-21-22-23-48-25-29(51-28(2)41)26-49-38-37(47)35(45)33(43)31(53-38)27-50-39-36(46)34(44)32(42)30(24-40)52-39/h10-11,29-40,42-47H,3-9,12-27H2,1-2H3/b11-10-. The molecular weight excluding hydrogens is 692 g/mol. The molecule has 0 saturated carbocycles. The van der Waals surface area contributed by atoms with E-state index < -0.39 is 86.7 Å². The lowest BCUT2D eigenvalue weighted by molar-refractivity contribution is -0.332. The lowest BCUT2D eigenvalue weighted by atomic mass is 9.98. The SMILES string of the molecule is CCCCCCCC/C=C\CCCCCCCCCCCCOCC(COC1OC(COC2OC(CO)C(O)C(O)C2O)C(O)C(O)C1O)OC(C)=O. The van der Waals surface area contributed by atoms with Crippen molar-refractivity contribution in [3.63, 3.8) is 0 Å². The van der Waals surface area contributed by atoms with E-state index in [-0.39, 0.29) is 13.2 Å². The van der Waals surface area contributed by atoms with Crippen LogP contribution in [0.3, 0.4) is 0 Å². The van der Waals surface area contributed by atoms with Crippen LogP contribution in [0.15, 0.2) is 12.2 Å². The highest BCUT2D eigenvalue weighted by atomic mass is 16.7. The third-order valence-corrected chi connectivity index (χ3v) is 9.82. The Morgan fingerprint density at radius 2 is 1.08 bits per heavy atom. The Bertz CT molecular complexity index is 938. The highest BCUT2D eigenvalue weighted by Gasteiger charge is 2.47. The monoisotopic (exact) mass is 764 g/mol. The predicted molar refractivity (Wildman–Crippen MR) is 197 cm³/mol. The van der Waals surface area contributed by atoms with Crippen LogP contribution in [0.25, 0.3) is 0 Å². The number of rotatable bonds is 30. The summed E-state index contributed by atoms with van der Waals surface area (Å²) < 4.78 is 33.0. The van der Waals surface area contributed by atoms with Gasteiger partial charge in [0.2, 0.25) is 0 Å². The van der Waals surface area contributed by atoms with Gasteiger partial charge in [-0.1, -0.05) is 103 Å². The highest BCUT2D eigenvalue weighted by molar-refractivity contribution is 5.66. The third-order valence-electron chi connectivity index (χ3n) is 9.82. The van der Waals surface area contributed by atoms with Crippen LogP contribution in [-0.4, -0.2) is 142 Å². The van der Waals surface area contributed by atoms with E-state index in [1.165, 1.54) is 103 Å². The van der Waals surface area contributed by atoms with Gasteiger partial charge in [0.1, 0.15) is 54.9 Å². The zero-order chi connectivity index (χ0) is 38.8. The van der Waals surface area contributed by atoms with Crippen LogP contribution in [0.1, 0.15) is 129 Å². The minimum Gasteiger partial charge on any atom is -0.458 e. The lowest BCUT2D eigenvalue weighted by Crippen LogP contribution is -2.61. The minimum absolute atomic E-state index is 0.0478. The second-order valence-electron chi connectivity index (χ2n) is 14.5. The Balaban J connectivity index is 1.56. The molecule has 11 atom stereocenters. The summed E-state index contributed by atoms with van der Waals surface area (Å²) >= 11 is 0. The molecule has 2 saturated heterocycles. The van der Waals surface area contributed by atoms with Crippen molar-refractivity contribution in [1.29, 1.82) is 0 Å². The summed E-state index contributed by atoms with van der Waals surface area (Å²) in [6, 6.07) is 0. The molecule has 0 bridgehead atoms. The van der Waals surface area contributed by atoms with E-state index in [9.17, 15) is 40.5 Å². The molecule has 2 rings (SSSR count). The summed E-state index contributed by atoms with van der Waals surface area (Å²) in [5.41, 5.74) is 0. The predicted octanol–water partition coefficient (Wildman–Crippen LogP) is 3.17. The summed E-state index contributed by atoms with van der Waals surface area (Å²) in [4.78, 5) is 11.7. The molecule has 2 aliphatic rings. The molecule has 14 heteroatoms. The number of carbonyl (C=O) groups excluding carboxylic acids is 1. The quantitative estimate of drug-likeness (QED) is 0.0318. The van der Waals surface area contributed by atoms with Gasteiger partial charge in [-0.15, -0.1) is 0 Å². The van der Waals surface area contributed by atoms with E-state index in [0.29, 0.717) is 6.61 Å². The number of esters is 1. The molecule has 0 aromatic rings. The number of aliphatic hydroxyl groups is 7. The van der Waals surface area contributed by atoms with Crippen molar-refractivity contribution in [2.24, 2.45) is 0 Å². The molecule has 312 valence electrons. The molecule has 0 aromatic heterocycles. The van der Waals surface area contributed by atoms with E-state index in [4.69, 9.17) is 28.4 Å². The molecule has 2 fully saturated rings. The largest absolute Gasteiger partial charge is 0.458 e. The first kappa shape index (κ1) is 47.9. The van der Waals surface area contributed by atoms with Gasteiger partial charge in [0.05, 0.1) is 26.4 Å². The molecule has 53 heavy (non-hydrogen) atoms. The maximum absolute atomic E-state index is 11.7. The van der Waals surface area contributed by atoms with E-state index in [0.717, 1.165) is 19.3 Å². The van der Waals surface area contributed by atoms with Crippen LogP contribution in [0.2, 0.25) is 0 Å². The van der Waals surface area contributed by atoms with Gasteiger partial charge >= 0.3 is 5.97 Å². The molecule has 14 nitrogen and oxygen atoms in total. The van der Waals surface area contributed by atoms with Crippen LogP contribution < -0.4 is 0 Å². The fraction of sp³-hybridized carbons (Fsp3) is 0.923. The van der Waals surface area contributed by atoms with Crippen LogP contribution in [0.5, 0.6) is 0 Å². The fourth-order valence-corrected chi connectivity index (χ4v) is 6.51. The smallest absolute Gasteiger partial charge is 0.303 e. The molecule has 0 amide bonds. The summed E-state index contributed by atoms with van der Waals surface area (Å²) in [6.45, 7) is 2.66. The van der Waals surface area contributed by atoms with E-state index in [2.05, 4.69) is 19.1 Å². The summed E-state index contributed by atoms with van der Waals surface area (Å²) in [5, 5.41) is 70.9. The summed E-state index contributed by atoms with van der Waals surface area (Å²) in [6.07, 6.45) is 11.1. The van der Waals surface area contributed by atoms with Crippen molar-refractivity contribution in [2.75, 3.05) is 33.0 Å². The maximum Gasteiger partial charge on any atom is 0.303 e. The second-order valence-corrected chi connectivity index (χ2v) is 14.5. The Morgan fingerprint density at radius 3 is 1.60 bits per heavy atom. The summed E-state index contributed by atoms with van der Waals surface area (Å²) in [7, 11) is 0. The van der Waals surface area contributed by atoms with E-state index in [1.54, 1.807) is 0 Å². The topological polar surface area (TPSA) is 214 Å². The first-order valence-electron chi connectivity index (χ1n) is 20.2. The molecule has 0 aromatic carbocycles. The fourth-order valence-electron chi connectivity index (χ4n) is 6.51. The lowest BCUT2D eigenvalue weighted by Gasteiger charge is -2.42. The number of hydrogen-bond donors (Lipinski definition) is 7. The molecule has 0 radical (unpaired) electrons. The Labute approximate surface area is 316 Å². The van der Waals surface area contributed by atoms with Gasteiger partial charge < -0.3 is 64.2 Å². The van der Waals surface area contributed by atoms with Gasteiger partial charge in [-0.3, -0.25) is 4.79 Å². The first-order chi connectivity index (χ1) is 25.6. The first-order valence-corrected chi connectivity index (χ1v) is 20.2. The van der Waals surface area contributed by atoms with Crippen molar-refractivity contribution in [1.82, 2.24) is 0 Å². The average molecular weight is 765 g/mol. The van der Waals surface area contributed by atoms with Crippen LogP contribution in [0, 0.1) is 0 Å². The van der Waals surface area contributed by atoms with Crippen molar-refractivity contribution < 1.29 is 69.0 Å². The molecule has 2 aliphatic heterocycles. The van der Waals surface area contributed by atoms with Crippen molar-refractivity contribution in [3.05, 3.63) is 12.2 Å². The Kier molecular flexibility index (Phi) is 26.2. The van der Waals surface area contributed by atoms with Gasteiger partial charge in [0.15, 0.2) is 12.6 Å². The van der Waals surface area contributed by atoms with Crippen LogP contribution in [0.4, 0.5) is 0 Å². The highest BCUT2D eigenvalue weighted by Crippen LogP contribution is 2.26. The Hall–Kier alpha value is -1.27. The number of aliphatic hydroxyl groups excluding tert-OH is 7. The van der Waals surface area contributed by atoms with Gasteiger partial charge in [-0.2, -0.15) is 0 Å². The summed E-state index contributed by atoms with van der Waals surface area (Å²) in [5.74, 6) is -0.552. The molecule has 2 heterocycles. The molecule has 0 aliphatic carbocycles. The van der Waals surface area contributed by atoms with E-state index in [1.807, 2.05) is 0 Å². The number of allylic oxidation sites excluding steroid dienone is 2. The number of carbonyl (C=O) groups is 1. The normalized spacial score (nSPS) is 29.8. The van der Waals surface area contributed by atoms with Crippen molar-refractivity contribution >= 4 is 5.97 Å². The van der Waals surface area contributed by atoms with Gasteiger partial charge in [-0.25, -0.2) is 0 Å². The molecular formula is C39H72O14. The van der Waals surface area contributed by atoms with Gasteiger partial charge in [0, 0.05) is 13.5 Å². The average Bonchev–Trinajstić information content (AvgIpc) is 3.14. The second kappa shape index (κ2) is 29.0. The maximum atomic E-state index is 11.7. The van der Waals surface area contributed by atoms with Gasteiger partial charge in [-0.05, 0) is 32.1 Å². The van der Waals surface area contributed by atoms with Crippen molar-refractivity contribution in [2.45, 2.75) is 197 Å². The zero-order valence-corrected chi connectivity index (χ0v) is 32.3. The number of unbranched alkanes of at least 4 members (excludes halogenated alkanes) is 16.